The fourth-order valence-electron chi connectivity index (χ4n) is 1.76. The Bertz CT molecular complexity index is 727. The van der Waals surface area contributed by atoms with E-state index < -0.39 is 22.9 Å². The zero-order valence-corrected chi connectivity index (χ0v) is 11.2. The maximum atomic E-state index is 13.5. The number of carboxylic acid groups (broad SMARTS) is 1. The van der Waals surface area contributed by atoms with Crippen molar-refractivity contribution in [2.45, 2.75) is 19.9 Å². The molecule has 1 heterocycles. The minimum atomic E-state index is -1.37. The largest absolute Gasteiger partial charge is 0.478 e. The van der Waals surface area contributed by atoms with Gasteiger partial charge in [0.15, 0.2) is 0 Å². The van der Waals surface area contributed by atoms with Gasteiger partial charge >= 0.3 is 11.5 Å². The normalized spacial score (nSPS) is 10.4. The first-order valence-corrected chi connectivity index (χ1v) is 6.29. The van der Waals surface area contributed by atoms with Crippen LogP contribution in [0.25, 0.3) is 0 Å². The van der Waals surface area contributed by atoms with Crippen LogP contribution in [0.4, 0.5) is 4.39 Å². The number of halogens is 1. The molecule has 0 atom stereocenters. The molecule has 0 spiro atoms. The third kappa shape index (κ3) is 3.25. The highest BCUT2D eigenvalue weighted by atomic mass is 19.1. The summed E-state index contributed by atoms with van der Waals surface area (Å²) < 4.78 is 20.2. The number of rotatable bonds is 5. The van der Waals surface area contributed by atoms with Crippen molar-refractivity contribution < 1.29 is 19.0 Å². The monoisotopic (exact) mass is 292 g/mol. The summed E-state index contributed by atoms with van der Waals surface area (Å²) in [6.45, 7) is 2.44. The van der Waals surface area contributed by atoms with Crippen molar-refractivity contribution in [2.75, 3.05) is 0 Å². The summed E-state index contributed by atoms with van der Waals surface area (Å²) in [7, 11) is 0. The summed E-state index contributed by atoms with van der Waals surface area (Å²) in [4.78, 5) is 26.5. The fraction of sp³-hybridized carbons (Fsp3) is 0.214. The number of nitrogens with zero attached hydrogens (tertiary/aromatic N) is 2. The molecule has 0 saturated carbocycles. The maximum absolute atomic E-state index is 13.5. The molecule has 21 heavy (non-hydrogen) atoms. The molecule has 0 aliphatic heterocycles. The Morgan fingerprint density at radius 3 is 2.86 bits per heavy atom. The highest BCUT2D eigenvalue weighted by molar-refractivity contribution is 5.88. The molecule has 1 aromatic heterocycles. The van der Waals surface area contributed by atoms with Crippen molar-refractivity contribution in [3.8, 4) is 11.6 Å². The van der Waals surface area contributed by atoms with Gasteiger partial charge < -0.3 is 14.4 Å². The minimum absolute atomic E-state index is 0.0105. The smallest absolute Gasteiger partial charge is 0.338 e. The number of aryl methyl sites for hydroxylation is 1. The van der Waals surface area contributed by atoms with E-state index in [0.29, 0.717) is 6.54 Å². The number of aromatic nitrogens is 2. The lowest BCUT2D eigenvalue weighted by Gasteiger charge is -2.08. The van der Waals surface area contributed by atoms with E-state index in [4.69, 9.17) is 9.84 Å². The summed E-state index contributed by atoms with van der Waals surface area (Å²) in [6.07, 6.45) is 3.71. The molecule has 1 aromatic carbocycles. The molecule has 0 saturated heterocycles. The number of carboxylic acids is 1. The van der Waals surface area contributed by atoms with Crippen LogP contribution in [0.5, 0.6) is 11.6 Å². The van der Waals surface area contributed by atoms with Gasteiger partial charge in [0, 0.05) is 25.0 Å². The lowest BCUT2D eigenvalue weighted by molar-refractivity contribution is 0.0692. The summed E-state index contributed by atoms with van der Waals surface area (Å²) >= 11 is 0. The van der Waals surface area contributed by atoms with Crippen LogP contribution in [-0.2, 0) is 6.54 Å². The molecule has 0 aliphatic rings. The minimum Gasteiger partial charge on any atom is -0.478 e. The maximum Gasteiger partial charge on any atom is 0.338 e. The van der Waals surface area contributed by atoms with Gasteiger partial charge in [-0.15, -0.1) is 0 Å². The molecule has 110 valence electrons. The average Bonchev–Trinajstić information content (AvgIpc) is 2.43. The molecule has 1 N–H and O–H groups in total. The van der Waals surface area contributed by atoms with E-state index in [2.05, 4.69) is 4.98 Å². The van der Waals surface area contributed by atoms with Gasteiger partial charge in [-0.3, -0.25) is 4.79 Å². The molecule has 2 rings (SSSR count). The first-order valence-electron chi connectivity index (χ1n) is 6.29. The van der Waals surface area contributed by atoms with Crippen LogP contribution in [-0.4, -0.2) is 20.6 Å². The van der Waals surface area contributed by atoms with E-state index in [1.165, 1.54) is 23.0 Å². The van der Waals surface area contributed by atoms with Crippen molar-refractivity contribution in [1.82, 2.24) is 9.55 Å². The molecule has 0 fully saturated rings. The zero-order chi connectivity index (χ0) is 15.4. The van der Waals surface area contributed by atoms with Gasteiger partial charge in [-0.2, -0.15) is 0 Å². The van der Waals surface area contributed by atoms with Crippen LogP contribution >= 0.6 is 0 Å². The molecular formula is C14H13FN2O4. The lowest BCUT2D eigenvalue weighted by atomic mass is 10.2. The lowest BCUT2D eigenvalue weighted by Crippen LogP contribution is -2.21. The predicted molar refractivity (Wildman–Crippen MR) is 72.2 cm³/mol. The van der Waals surface area contributed by atoms with Gasteiger partial charge in [0.2, 0.25) is 0 Å². The van der Waals surface area contributed by atoms with E-state index >= 15 is 0 Å². The molecule has 0 radical (unpaired) electrons. The fourth-order valence-corrected chi connectivity index (χ4v) is 1.76. The Hall–Kier alpha value is -2.70. The van der Waals surface area contributed by atoms with Gasteiger partial charge in [-0.1, -0.05) is 6.92 Å². The third-order valence-electron chi connectivity index (χ3n) is 2.73. The second-order valence-electron chi connectivity index (χ2n) is 4.28. The zero-order valence-electron chi connectivity index (χ0n) is 11.2. The Morgan fingerprint density at radius 1 is 1.48 bits per heavy atom. The number of ether oxygens (including phenoxy) is 1. The summed E-state index contributed by atoms with van der Waals surface area (Å²) in [5, 5.41) is 8.74. The van der Waals surface area contributed by atoms with Gasteiger partial charge in [-0.05, 0) is 18.6 Å². The van der Waals surface area contributed by atoms with Crippen molar-refractivity contribution in [3.63, 3.8) is 0 Å². The quantitative estimate of drug-likeness (QED) is 0.914. The second kappa shape index (κ2) is 6.17. The van der Waals surface area contributed by atoms with Crippen molar-refractivity contribution >= 4 is 5.97 Å². The van der Waals surface area contributed by atoms with E-state index in [1.54, 1.807) is 0 Å². The van der Waals surface area contributed by atoms with E-state index in [0.717, 1.165) is 18.6 Å². The van der Waals surface area contributed by atoms with Crippen LogP contribution in [0.3, 0.4) is 0 Å². The highest BCUT2D eigenvalue weighted by Crippen LogP contribution is 2.20. The summed E-state index contributed by atoms with van der Waals surface area (Å²) in [6, 6.07) is 3.24. The average molecular weight is 292 g/mol. The van der Waals surface area contributed by atoms with E-state index in [-0.39, 0.29) is 11.6 Å². The Balaban J connectivity index is 2.31. The third-order valence-corrected chi connectivity index (χ3v) is 2.73. The van der Waals surface area contributed by atoms with Gasteiger partial charge in [-0.25, -0.2) is 14.2 Å². The molecule has 6 nitrogen and oxygen atoms in total. The van der Waals surface area contributed by atoms with Crippen LogP contribution < -0.4 is 10.3 Å². The van der Waals surface area contributed by atoms with E-state index in [1.807, 2.05) is 6.92 Å². The summed E-state index contributed by atoms with van der Waals surface area (Å²) in [5.41, 5.74) is -0.895. The number of hydrogen-bond acceptors (Lipinski definition) is 4. The number of aromatic carboxylic acids is 1. The van der Waals surface area contributed by atoms with Crippen LogP contribution in [0.1, 0.15) is 23.7 Å². The van der Waals surface area contributed by atoms with Crippen LogP contribution in [0.2, 0.25) is 0 Å². The standard InChI is InChI=1S/C14H13FN2O4/c1-2-6-17-7-5-16-12(13(17)18)21-9-3-4-10(14(19)20)11(15)8-9/h3-5,7-8H,2,6H2,1H3,(H,19,20). The molecule has 0 unspecified atom stereocenters. The number of carbonyl (C=O) groups is 1. The SMILES string of the molecule is CCCn1ccnc(Oc2ccc(C(=O)O)c(F)c2)c1=O. The van der Waals surface area contributed by atoms with Crippen LogP contribution in [0, 0.1) is 5.82 Å². The molecule has 0 bridgehead atoms. The van der Waals surface area contributed by atoms with Gasteiger partial charge in [0.1, 0.15) is 11.6 Å². The molecule has 0 aliphatic carbocycles. The first kappa shape index (κ1) is 14.7. The first-order chi connectivity index (χ1) is 10.0. The van der Waals surface area contributed by atoms with Crippen LogP contribution in [0.15, 0.2) is 35.4 Å². The molecule has 7 heteroatoms. The van der Waals surface area contributed by atoms with Crippen molar-refractivity contribution in [3.05, 3.63) is 52.3 Å². The number of benzene rings is 1. The number of hydrogen-bond donors (Lipinski definition) is 1. The summed E-state index contributed by atoms with van der Waals surface area (Å²) in [5.74, 6) is -2.49. The second-order valence-corrected chi connectivity index (χ2v) is 4.28. The Labute approximate surface area is 119 Å². The molecule has 2 aromatic rings. The van der Waals surface area contributed by atoms with Gasteiger partial charge in [0.05, 0.1) is 5.56 Å². The predicted octanol–water partition coefficient (Wildman–Crippen LogP) is 2.28. The van der Waals surface area contributed by atoms with Crippen molar-refractivity contribution in [2.24, 2.45) is 0 Å². The Kier molecular flexibility index (Phi) is 4.32. The highest BCUT2D eigenvalue weighted by Gasteiger charge is 2.13. The van der Waals surface area contributed by atoms with Gasteiger partial charge in [0.25, 0.3) is 5.88 Å². The molecular weight excluding hydrogens is 279 g/mol. The van der Waals surface area contributed by atoms with Crippen molar-refractivity contribution in [1.29, 1.82) is 0 Å². The molecule has 0 amide bonds. The topological polar surface area (TPSA) is 81.4 Å². The van der Waals surface area contributed by atoms with E-state index in [9.17, 15) is 14.0 Å². The Morgan fingerprint density at radius 2 is 2.24 bits per heavy atom.